The van der Waals surface area contributed by atoms with E-state index < -0.39 is 34.8 Å². The largest absolute Gasteiger partial charge is 0.616 e. The van der Waals surface area contributed by atoms with E-state index in [1.807, 2.05) is 0 Å². The summed E-state index contributed by atoms with van der Waals surface area (Å²) in [6, 6.07) is 1.97. The number of fused-ring (bicyclic) bond motifs is 3. The van der Waals surface area contributed by atoms with Crippen molar-refractivity contribution in [3.8, 4) is 0 Å². The molecule has 12 heteroatoms. The van der Waals surface area contributed by atoms with Crippen molar-refractivity contribution in [3.05, 3.63) is 34.9 Å². The number of aryl methyl sites for hydroxylation is 1. The van der Waals surface area contributed by atoms with Crippen molar-refractivity contribution in [3.63, 3.8) is 0 Å². The van der Waals surface area contributed by atoms with Gasteiger partial charge in [0.25, 0.3) is 0 Å². The van der Waals surface area contributed by atoms with Gasteiger partial charge in [-0.25, -0.2) is 9.18 Å². The molecule has 1 aliphatic carbocycles. The lowest BCUT2D eigenvalue weighted by Gasteiger charge is -2.38. The Kier molecular flexibility index (Phi) is 5.84. The molecular formula is C20H21F7N2O2S. The molecule has 2 atom stereocenters. The lowest BCUT2D eigenvalue weighted by molar-refractivity contribution is -0.348. The molecule has 0 bridgehead atoms. The summed E-state index contributed by atoms with van der Waals surface area (Å²) in [5.41, 5.74) is -6.10. The van der Waals surface area contributed by atoms with Gasteiger partial charge in [-0.2, -0.15) is 26.3 Å². The third kappa shape index (κ3) is 3.72. The van der Waals surface area contributed by atoms with Gasteiger partial charge in [-0.15, -0.1) is 0 Å². The van der Waals surface area contributed by atoms with Crippen LogP contribution < -0.4 is 0 Å². The summed E-state index contributed by atoms with van der Waals surface area (Å²) in [6.45, 7) is 1.17. The van der Waals surface area contributed by atoms with Crippen LogP contribution in [0.5, 0.6) is 0 Å². The Labute approximate surface area is 182 Å². The second kappa shape index (κ2) is 7.96. The number of likely N-dealkylation sites (tertiary alicyclic amines) is 1. The first-order valence-electron chi connectivity index (χ1n) is 10.2. The van der Waals surface area contributed by atoms with E-state index in [1.54, 1.807) is 9.80 Å². The van der Waals surface area contributed by atoms with Gasteiger partial charge in [-0.1, -0.05) is 29.4 Å². The van der Waals surface area contributed by atoms with Crippen LogP contribution in [0.25, 0.3) is 0 Å². The monoisotopic (exact) mass is 486 g/mol. The van der Waals surface area contributed by atoms with Gasteiger partial charge >= 0.3 is 24.1 Å². The second-order valence-electron chi connectivity index (χ2n) is 8.38. The molecule has 0 spiro atoms. The van der Waals surface area contributed by atoms with Gasteiger partial charge in [0.2, 0.25) is 0 Å². The molecule has 2 heterocycles. The molecule has 2 fully saturated rings. The molecule has 0 saturated carbocycles. The lowest BCUT2D eigenvalue weighted by Crippen LogP contribution is -2.52. The molecule has 3 aliphatic rings. The minimum atomic E-state index is -6.15. The summed E-state index contributed by atoms with van der Waals surface area (Å²) < 4.78 is 105. The fourth-order valence-electron chi connectivity index (χ4n) is 5.01. The van der Waals surface area contributed by atoms with Crippen molar-refractivity contribution in [2.24, 2.45) is 0 Å². The Bertz CT molecular complexity index is 870. The number of carbonyl (C=O) groups excluding carboxylic acids is 1. The van der Waals surface area contributed by atoms with Crippen LogP contribution in [0, 0.1) is 0 Å². The van der Waals surface area contributed by atoms with Crippen molar-refractivity contribution in [2.75, 3.05) is 31.1 Å². The van der Waals surface area contributed by atoms with Gasteiger partial charge in [0, 0.05) is 24.1 Å². The van der Waals surface area contributed by atoms with E-state index in [0.717, 1.165) is 6.07 Å². The van der Waals surface area contributed by atoms with Crippen LogP contribution in [0.1, 0.15) is 35.4 Å². The standard InChI is InChI=1S/C20H21F7N2O2S/c21-18(19(22,23)24,20(25,26)27)13-2-3-14-12(11-13)1-4-16-15(14)5-6-29(16)17(30)28-7-9-32(31)10-8-28/h2-3,11,15-16H,1,4-10H2/t15-,16?/m0/s1. The first kappa shape index (κ1) is 23.5. The number of rotatable bonds is 1. The van der Waals surface area contributed by atoms with E-state index in [0.29, 0.717) is 61.7 Å². The highest BCUT2D eigenvalue weighted by atomic mass is 32.2. The van der Waals surface area contributed by atoms with E-state index in [9.17, 15) is 40.1 Å². The summed E-state index contributed by atoms with van der Waals surface area (Å²) in [7, 11) is 0. The first-order chi connectivity index (χ1) is 14.8. The number of alkyl halides is 7. The maximum Gasteiger partial charge on any atom is 0.435 e. The Hall–Kier alpha value is -1.69. The van der Waals surface area contributed by atoms with E-state index in [1.165, 1.54) is 0 Å². The van der Waals surface area contributed by atoms with Crippen LogP contribution in [-0.4, -0.2) is 69.9 Å². The normalized spacial score (nSPS) is 25.0. The van der Waals surface area contributed by atoms with Crippen molar-refractivity contribution in [1.82, 2.24) is 9.80 Å². The lowest BCUT2D eigenvalue weighted by atomic mass is 9.77. The van der Waals surface area contributed by atoms with E-state index >= 15 is 0 Å². The number of urea groups is 1. The summed E-state index contributed by atoms with van der Waals surface area (Å²) in [5, 5.41) is 0. The van der Waals surface area contributed by atoms with Crippen molar-refractivity contribution < 1.29 is 40.1 Å². The summed E-state index contributed by atoms with van der Waals surface area (Å²) in [5.74, 6) is 0.576. The zero-order chi connectivity index (χ0) is 23.5. The van der Waals surface area contributed by atoms with Gasteiger partial charge in [-0.05, 0) is 30.4 Å². The van der Waals surface area contributed by atoms with E-state index in [-0.39, 0.29) is 30.0 Å². The predicted molar refractivity (Wildman–Crippen MR) is 102 cm³/mol. The third-order valence-corrected chi connectivity index (χ3v) is 7.95. The maximum atomic E-state index is 14.4. The Morgan fingerprint density at radius 3 is 2.19 bits per heavy atom. The topological polar surface area (TPSA) is 46.6 Å². The van der Waals surface area contributed by atoms with E-state index in [2.05, 4.69) is 0 Å². The fraction of sp³-hybridized carbons (Fsp3) is 0.650. The SMILES string of the molecule is O=C(N1CC[S+]([O-])CC1)N1CC[C@H]2c3ccc(C(F)(C(F)(F)F)C(F)(F)F)cc3CCC21. The maximum absolute atomic E-state index is 14.4. The average molecular weight is 486 g/mol. The summed E-state index contributed by atoms with van der Waals surface area (Å²) >= 11 is -0.943. The molecule has 0 radical (unpaired) electrons. The molecule has 0 aromatic heterocycles. The van der Waals surface area contributed by atoms with Crippen molar-refractivity contribution >= 4 is 17.2 Å². The number of halogens is 7. The Morgan fingerprint density at radius 2 is 1.59 bits per heavy atom. The number of carbonyl (C=O) groups is 1. The molecule has 2 aliphatic heterocycles. The summed E-state index contributed by atoms with van der Waals surface area (Å²) in [4.78, 5) is 16.3. The number of hydrogen-bond acceptors (Lipinski definition) is 2. The molecule has 178 valence electrons. The van der Waals surface area contributed by atoms with Gasteiger partial charge in [-0.3, -0.25) is 0 Å². The van der Waals surface area contributed by atoms with Gasteiger partial charge in [0.1, 0.15) is 11.5 Å². The van der Waals surface area contributed by atoms with Gasteiger partial charge in [0.05, 0.1) is 13.1 Å². The second-order valence-corrected chi connectivity index (χ2v) is 10.1. The van der Waals surface area contributed by atoms with Crippen LogP contribution in [0.2, 0.25) is 0 Å². The molecule has 1 aromatic rings. The average Bonchev–Trinajstić information content (AvgIpc) is 3.15. The first-order valence-corrected chi connectivity index (χ1v) is 11.7. The van der Waals surface area contributed by atoms with Gasteiger partial charge < -0.3 is 14.4 Å². The molecular weight excluding hydrogens is 465 g/mol. The molecule has 0 N–H and O–H groups in total. The van der Waals surface area contributed by atoms with Crippen molar-refractivity contribution in [1.29, 1.82) is 0 Å². The zero-order valence-corrected chi connectivity index (χ0v) is 17.6. The quantitative estimate of drug-likeness (QED) is 0.440. The highest BCUT2D eigenvalue weighted by Gasteiger charge is 2.73. The molecule has 1 unspecified atom stereocenters. The van der Waals surface area contributed by atoms with Crippen LogP contribution >= 0.6 is 0 Å². The van der Waals surface area contributed by atoms with Crippen LogP contribution in [0.15, 0.2) is 18.2 Å². The Morgan fingerprint density at radius 1 is 0.969 bits per heavy atom. The molecule has 4 rings (SSSR count). The van der Waals surface area contributed by atoms with E-state index in [4.69, 9.17) is 0 Å². The number of benzene rings is 1. The highest BCUT2D eigenvalue weighted by Crippen LogP contribution is 2.54. The zero-order valence-electron chi connectivity index (χ0n) is 16.8. The van der Waals surface area contributed by atoms with Crippen LogP contribution in [-0.2, 0) is 23.3 Å². The molecule has 1 aromatic carbocycles. The molecule has 4 nitrogen and oxygen atoms in total. The predicted octanol–water partition coefficient (Wildman–Crippen LogP) is 4.26. The number of hydrogen-bond donors (Lipinski definition) is 0. The number of amides is 2. The fourth-order valence-corrected chi connectivity index (χ4v) is 6.06. The van der Waals surface area contributed by atoms with Gasteiger partial charge in [0.15, 0.2) is 0 Å². The van der Waals surface area contributed by atoms with Crippen molar-refractivity contribution in [2.45, 2.75) is 49.2 Å². The molecule has 2 saturated heterocycles. The minimum absolute atomic E-state index is 0.143. The smallest absolute Gasteiger partial charge is 0.435 e. The summed E-state index contributed by atoms with van der Waals surface area (Å²) in [6.07, 6.45) is -11.3. The van der Waals surface area contributed by atoms with Crippen LogP contribution in [0.4, 0.5) is 35.5 Å². The minimum Gasteiger partial charge on any atom is -0.616 e. The highest BCUT2D eigenvalue weighted by molar-refractivity contribution is 7.91. The number of nitrogens with zero attached hydrogens (tertiary/aromatic N) is 2. The third-order valence-electron chi connectivity index (χ3n) is 6.67. The Balaban J connectivity index is 1.58. The van der Waals surface area contributed by atoms with Crippen LogP contribution in [0.3, 0.4) is 0 Å². The molecule has 2 amide bonds. The molecule has 32 heavy (non-hydrogen) atoms.